The van der Waals surface area contributed by atoms with Crippen LogP contribution in [-0.4, -0.2) is 25.6 Å². The number of aromatic nitrogens is 3. The molecule has 0 fully saturated rings. The summed E-state index contributed by atoms with van der Waals surface area (Å²) >= 11 is 0. The van der Waals surface area contributed by atoms with E-state index in [1.807, 2.05) is 0 Å². The van der Waals surface area contributed by atoms with Crippen LogP contribution in [0.3, 0.4) is 0 Å². The highest BCUT2D eigenvalue weighted by atomic mass is 19.1. The van der Waals surface area contributed by atoms with Crippen molar-refractivity contribution in [2.45, 2.75) is 0 Å². The lowest BCUT2D eigenvalue weighted by Gasteiger charge is -2.06. The van der Waals surface area contributed by atoms with Gasteiger partial charge in [0.25, 0.3) is 5.91 Å². The highest BCUT2D eigenvalue weighted by Gasteiger charge is 2.26. The normalized spacial score (nSPS) is 10.3. The van der Waals surface area contributed by atoms with Gasteiger partial charge in [0, 0.05) is 13.1 Å². The second-order valence-corrected chi connectivity index (χ2v) is 3.67. The Kier molecular flexibility index (Phi) is 3.37. The van der Waals surface area contributed by atoms with E-state index in [9.17, 15) is 23.7 Å². The van der Waals surface area contributed by atoms with Gasteiger partial charge in [-0.15, -0.1) is 0 Å². The van der Waals surface area contributed by atoms with Gasteiger partial charge < -0.3 is 0 Å². The molecule has 0 spiro atoms. The quantitative estimate of drug-likeness (QED) is 0.674. The molecule has 8 nitrogen and oxygen atoms in total. The van der Waals surface area contributed by atoms with Crippen LogP contribution in [0.1, 0.15) is 10.4 Å². The number of nitro benzene ring substituents is 1. The molecule has 0 saturated carbocycles. The number of carbonyl (C=O) groups excluding carboxylic acids is 1. The van der Waals surface area contributed by atoms with Gasteiger partial charge in [-0.1, -0.05) is 0 Å². The summed E-state index contributed by atoms with van der Waals surface area (Å²) in [6.45, 7) is 0. The maximum Gasteiger partial charge on any atom is 0.305 e. The highest BCUT2D eigenvalue weighted by Crippen LogP contribution is 2.23. The van der Waals surface area contributed by atoms with Gasteiger partial charge >= 0.3 is 5.69 Å². The van der Waals surface area contributed by atoms with Gasteiger partial charge in [0.1, 0.15) is 17.7 Å². The zero-order chi connectivity index (χ0) is 14.9. The molecule has 0 aliphatic carbocycles. The summed E-state index contributed by atoms with van der Waals surface area (Å²) in [5.41, 5.74) is -2.04. The van der Waals surface area contributed by atoms with Crippen LogP contribution in [0.25, 0.3) is 0 Å². The molecule has 10 heteroatoms. The van der Waals surface area contributed by atoms with Crippen LogP contribution in [-0.2, 0) is 7.05 Å². The Labute approximate surface area is 110 Å². The summed E-state index contributed by atoms with van der Waals surface area (Å²) in [5.74, 6) is -4.01. The van der Waals surface area contributed by atoms with Gasteiger partial charge in [0.2, 0.25) is 11.8 Å². The minimum atomic E-state index is -1.55. The molecule has 2 rings (SSSR count). The SMILES string of the molecule is Cn1ncnc1NC(=O)c1c(F)ccc([N+](=O)[O-])c1F. The van der Waals surface area contributed by atoms with Crippen molar-refractivity contribution >= 4 is 17.5 Å². The predicted octanol–water partition coefficient (Wildman–Crippen LogP) is 1.25. The maximum atomic E-state index is 13.8. The first-order valence-corrected chi connectivity index (χ1v) is 5.19. The summed E-state index contributed by atoms with van der Waals surface area (Å²) in [6, 6.07) is 1.29. The van der Waals surface area contributed by atoms with Crippen molar-refractivity contribution < 1.29 is 18.5 Å². The number of carbonyl (C=O) groups is 1. The second kappa shape index (κ2) is 4.99. The van der Waals surface area contributed by atoms with E-state index in [2.05, 4.69) is 15.4 Å². The smallest absolute Gasteiger partial charge is 0.290 e. The number of amides is 1. The number of hydrogen-bond acceptors (Lipinski definition) is 5. The molecule has 0 unspecified atom stereocenters. The van der Waals surface area contributed by atoms with Gasteiger partial charge in [0.05, 0.1) is 4.92 Å². The monoisotopic (exact) mass is 283 g/mol. The van der Waals surface area contributed by atoms with E-state index in [0.29, 0.717) is 12.1 Å². The fourth-order valence-electron chi connectivity index (χ4n) is 1.46. The van der Waals surface area contributed by atoms with Gasteiger partial charge in [-0.3, -0.25) is 20.2 Å². The number of aryl methyl sites for hydroxylation is 1. The molecule has 0 aliphatic rings. The van der Waals surface area contributed by atoms with Crippen molar-refractivity contribution in [1.82, 2.24) is 14.8 Å². The van der Waals surface area contributed by atoms with Crippen LogP contribution < -0.4 is 5.32 Å². The standard InChI is InChI=1S/C10H7F2N5O3/c1-16-10(13-4-14-16)15-9(18)7-5(11)2-3-6(8(7)12)17(19)20/h2-4H,1H3,(H,13,14,15,18). The molecule has 1 aromatic heterocycles. The Hall–Kier alpha value is -2.91. The maximum absolute atomic E-state index is 13.8. The first-order valence-electron chi connectivity index (χ1n) is 5.19. The third-order valence-electron chi connectivity index (χ3n) is 2.43. The largest absolute Gasteiger partial charge is 0.305 e. The lowest BCUT2D eigenvalue weighted by Crippen LogP contribution is -2.19. The van der Waals surface area contributed by atoms with E-state index in [0.717, 1.165) is 11.0 Å². The number of nitro groups is 1. The van der Waals surface area contributed by atoms with Crippen LogP contribution in [0.5, 0.6) is 0 Å². The molecular weight excluding hydrogens is 276 g/mol. The Morgan fingerprint density at radius 3 is 2.70 bits per heavy atom. The van der Waals surface area contributed by atoms with Gasteiger partial charge in [0.15, 0.2) is 0 Å². The second-order valence-electron chi connectivity index (χ2n) is 3.67. The Morgan fingerprint density at radius 2 is 2.15 bits per heavy atom. The van der Waals surface area contributed by atoms with Crippen molar-refractivity contribution in [3.8, 4) is 0 Å². The molecule has 1 aromatic carbocycles. The number of rotatable bonds is 3. The third kappa shape index (κ3) is 2.30. The van der Waals surface area contributed by atoms with Crippen molar-refractivity contribution in [1.29, 1.82) is 0 Å². The molecule has 0 aliphatic heterocycles. The molecule has 0 radical (unpaired) electrons. The van der Waals surface area contributed by atoms with Crippen molar-refractivity contribution in [2.75, 3.05) is 5.32 Å². The first-order chi connectivity index (χ1) is 9.41. The number of halogens is 2. The molecule has 1 N–H and O–H groups in total. The highest BCUT2D eigenvalue weighted by molar-refractivity contribution is 6.04. The fraction of sp³-hybridized carbons (Fsp3) is 0.100. The average molecular weight is 283 g/mol. The average Bonchev–Trinajstić information content (AvgIpc) is 2.74. The van der Waals surface area contributed by atoms with Gasteiger partial charge in [-0.05, 0) is 6.07 Å². The number of nitrogens with one attached hydrogen (secondary N) is 1. The van der Waals surface area contributed by atoms with Gasteiger partial charge in [-0.2, -0.15) is 14.5 Å². The van der Waals surface area contributed by atoms with Crippen molar-refractivity contribution in [2.24, 2.45) is 7.05 Å². The summed E-state index contributed by atoms with van der Waals surface area (Å²) in [4.78, 5) is 24.9. The fourth-order valence-corrected chi connectivity index (χ4v) is 1.46. The van der Waals surface area contributed by atoms with Gasteiger partial charge in [-0.25, -0.2) is 9.07 Å². The number of anilines is 1. The zero-order valence-electron chi connectivity index (χ0n) is 10.0. The summed E-state index contributed by atoms with van der Waals surface area (Å²) in [6.07, 6.45) is 1.12. The summed E-state index contributed by atoms with van der Waals surface area (Å²) in [7, 11) is 1.45. The molecule has 1 heterocycles. The van der Waals surface area contributed by atoms with E-state index in [4.69, 9.17) is 0 Å². The molecule has 1 amide bonds. The Morgan fingerprint density at radius 1 is 1.45 bits per heavy atom. The van der Waals surface area contributed by atoms with E-state index < -0.39 is 33.7 Å². The van der Waals surface area contributed by atoms with Crippen molar-refractivity contribution in [3.63, 3.8) is 0 Å². The predicted molar refractivity (Wildman–Crippen MR) is 62.0 cm³/mol. The minimum absolute atomic E-state index is 0.0553. The lowest BCUT2D eigenvalue weighted by atomic mass is 10.1. The van der Waals surface area contributed by atoms with Crippen LogP contribution in [0.2, 0.25) is 0 Å². The van der Waals surface area contributed by atoms with Crippen molar-refractivity contribution in [3.05, 3.63) is 45.8 Å². The lowest BCUT2D eigenvalue weighted by molar-refractivity contribution is -0.387. The minimum Gasteiger partial charge on any atom is -0.290 e. The molecule has 20 heavy (non-hydrogen) atoms. The topological polar surface area (TPSA) is 103 Å². The summed E-state index contributed by atoms with van der Waals surface area (Å²) in [5, 5.41) is 16.3. The molecule has 0 saturated heterocycles. The van der Waals surface area contributed by atoms with E-state index >= 15 is 0 Å². The molecule has 2 aromatic rings. The van der Waals surface area contributed by atoms with Crippen LogP contribution in [0.4, 0.5) is 20.4 Å². The molecule has 104 valence electrons. The van der Waals surface area contributed by atoms with E-state index in [1.54, 1.807) is 0 Å². The zero-order valence-corrected chi connectivity index (χ0v) is 10.0. The van der Waals surface area contributed by atoms with E-state index in [1.165, 1.54) is 7.05 Å². The van der Waals surface area contributed by atoms with E-state index in [-0.39, 0.29) is 5.95 Å². The Balaban J connectivity index is 2.42. The third-order valence-corrected chi connectivity index (χ3v) is 2.43. The van der Waals surface area contributed by atoms with Crippen LogP contribution in [0, 0.1) is 21.7 Å². The Bertz CT molecular complexity index is 700. The number of benzene rings is 1. The molecule has 0 bridgehead atoms. The molecule has 0 atom stereocenters. The number of nitrogens with zero attached hydrogens (tertiary/aromatic N) is 4. The molecular formula is C10H7F2N5O3. The first kappa shape index (κ1) is 13.5. The van der Waals surface area contributed by atoms with Crippen LogP contribution in [0.15, 0.2) is 18.5 Å². The summed E-state index contributed by atoms with van der Waals surface area (Å²) < 4.78 is 28.4. The van der Waals surface area contributed by atoms with Crippen LogP contribution >= 0.6 is 0 Å². The number of hydrogen-bond donors (Lipinski definition) is 1.